The van der Waals surface area contributed by atoms with Gasteiger partial charge in [0.05, 0.1) is 18.9 Å². The van der Waals surface area contributed by atoms with E-state index >= 15 is 0 Å². The molecule has 1 aliphatic heterocycles. The van der Waals surface area contributed by atoms with Crippen LogP contribution >= 0.6 is 0 Å². The number of carbonyl (C=O) groups is 3. The molecule has 144 valence electrons. The van der Waals surface area contributed by atoms with E-state index in [0.29, 0.717) is 25.9 Å². The summed E-state index contributed by atoms with van der Waals surface area (Å²) in [6.07, 6.45) is 0.193. The largest absolute Gasteiger partial charge is 0.469 e. The highest BCUT2D eigenvalue weighted by Crippen LogP contribution is 2.37. The molecule has 0 bridgehead atoms. The van der Waals surface area contributed by atoms with Crippen LogP contribution in [-0.4, -0.2) is 54.3 Å². The van der Waals surface area contributed by atoms with Gasteiger partial charge >= 0.3 is 18.0 Å². The average Bonchev–Trinajstić information content (AvgIpc) is 2.43. The van der Waals surface area contributed by atoms with Gasteiger partial charge in [0.25, 0.3) is 0 Å². The van der Waals surface area contributed by atoms with Crippen molar-refractivity contribution in [3.05, 3.63) is 0 Å². The van der Waals surface area contributed by atoms with Crippen molar-refractivity contribution in [2.24, 2.45) is 5.41 Å². The number of amides is 1. The summed E-state index contributed by atoms with van der Waals surface area (Å²) >= 11 is 0. The van der Waals surface area contributed by atoms with E-state index in [-0.39, 0.29) is 6.42 Å². The molecule has 0 spiro atoms. The second-order valence-corrected chi connectivity index (χ2v) is 8.50. The number of ether oxygens (including phenoxy) is 3. The van der Waals surface area contributed by atoms with Gasteiger partial charge in [0.1, 0.15) is 11.2 Å². The quantitative estimate of drug-likeness (QED) is 0.570. The van der Waals surface area contributed by atoms with Crippen LogP contribution < -0.4 is 0 Å². The van der Waals surface area contributed by atoms with Gasteiger partial charge in [-0.25, -0.2) is 4.79 Å². The summed E-state index contributed by atoms with van der Waals surface area (Å²) in [4.78, 5) is 38.3. The molecule has 0 N–H and O–H groups in total. The van der Waals surface area contributed by atoms with Crippen LogP contribution in [0.2, 0.25) is 0 Å². The summed E-state index contributed by atoms with van der Waals surface area (Å²) < 4.78 is 15.6. The molecular weight excluding hydrogens is 326 g/mol. The van der Waals surface area contributed by atoms with Crippen molar-refractivity contribution in [2.45, 2.75) is 72.0 Å². The lowest BCUT2D eigenvalue weighted by Crippen LogP contribution is -2.49. The number of nitrogens with zero attached hydrogens (tertiary/aromatic N) is 1. The van der Waals surface area contributed by atoms with Crippen LogP contribution in [0.5, 0.6) is 0 Å². The minimum absolute atomic E-state index is 0.0564. The predicted molar refractivity (Wildman–Crippen MR) is 92.0 cm³/mol. The third-order valence-electron chi connectivity index (χ3n) is 3.89. The van der Waals surface area contributed by atoms with Crippen LogP contribution in [0.25, 0.3) is 0 Å². The van der Waals surface area contributed by atoms with Crippen LogP contribution in [0.4, 0.5) is 4.79 Å². The van der Waals surface area contributed by atoms with E-state index in [4.69, 9.17) is 14.2 Å². The minimum Gasteiger partial charge on any atom is -0.469 e. The number of hydrogen-bond donors (Lipinski definition) is 0. The second kappa shape index (κ2) is 7.62. The fourth-order valence-electron chi connectivity index (χ4n) is 2.77. The molecule has 7 nitrogen and oxygen atoms in total. The summed E-state index contributed by atoms with van der Waals surface area (Å²) in [5.74, 6) is -0.884. The van der Waals surface area contributed by atoms with Crippen LogP contribution in [-0.2, 0) is 23.8 Å². The summed E-state index contributed by atoms with van der Waals surface area (Å²) in [5, 5.41) is 0. The standard InChI is InChI=1S/C18H31NO6/c1-16(2,3)24-13(20)12-18(14(21)23-7)8-10-19(11-9-18)15(22)25-17(4,5)6/h8-12H2,1-7H3. The van der Waals surface area contributed by atoms with Crippen molar-refractivity contribution >= 4 is 18.0 Å². The number of methoxy groups -OCH3 is 1. The molecule has 0 aliphatic carbocycles. The van der Waals surface area contributed by atoms with Gasteiger partial charge in [-0.2, -0.15) is 0 Å². The lowest BCUT2D eigenvalue weighted by Gasteiger charge is -2.39. The van der Waals surface area contributed by atoms with E-state index in [1.165, 1.54) is 7.11 Å². The van der Waals surface area contributed by atoms with Gasteiger partial charge in [0.15, 0.2) is 0 Å². The fraction of sp³-hybridized carbons (Fsp3) is 0.833. The van der Waals surface area contributed by atoms with Gasteiger partial charge in [0, 0.05) is 13.1 Å². The highest BCUT2D eigenvalue weighted by Gasteiger charge is 2.46. The zero-order chi connectivity index (χ0) is 19.5. The highest BCUT2D eigenvalue weighted by molar-refractivity contribution is 5.84. The normalized spacial score (nSPS) is 17.6. The molecule has 7 heteroatoms. The molecule has 1 fully saturated rings. The van der Waals surface area contributed by atoms with Crippen molar-refractivity contribution < 1.29 is 28.6 Å². The maximum Gasteiger partial charge on any atom is 0.410 e. The van der Waals surface area contributed by atoms with E-state index in [2.05, 4.69) is 0 Å². The Hall–Kier alpha value is -1.79. The van der Waals surface area contributed by atoms with E-state index in [1.54, 1.807) is 46.4 Å². The first-order valence-corrected chi connectivity index (χ1v) is 8.56. The topological polar surface area (TPSA) is 82.1 Å². The van der Waals surface area contributed by atoms with Crippen molar-refractivity contribution in [3.8, 4) is 0 Å². The smallest absolute Gasteiger partial charge is 0.410 e. The Bertz CT molecular complexity index is 507. The Balaban J connectivity index is 2.79. The third kappa shape index (κ3) is 6.55. The molecule has 25 heavy (non-hydrogen) atoms. The van der Waals surface area contributed by atoms with Crippen LogP contribution in [0.1, 0.15) is 60.8 Å². The molecule has 0 aromatic heterocycles. The average molecular weight is 357 g/mol. The summed E-state index contributed by atoms with van der Waals surface area (Å²) in [6, 6.07) is 0. The van der Waals surface area contributed by atoms with E-state index in [1.807, 2.05) is 0 Å². The monoisotopic (exact) mass is 357 g/mol. The number of carbonyl (C=O) groups excluding carboxylic acids is 3. The van der Waals surface area contributed by atoms with Gasteiger partial charge in [-0.15, -0.1) is 0 Å². The summed E-state index contributed by atoms with van der Waals surface area (Å²) in [7, 11) is 1.30. The molecular formula is C18H31NO6. The summed E-state index contributed by atoms with van der Waals surface area (Å²) in [6.45, 7) is 11.4. The zero-order valence-electron chi connectivity index (χ0n) is 16.4. The second-order valence-electron chi connectivity index (χ2n) is 8.50. The molecule has 0 unspecified atom stereocenters. The molecule has 1 heterocycles. The van der Waals surface area contributed by atoms with Gasteiger partial charge in [-0.3, -0.25) is 9.59 Å². The van der Waals surface area contributed by atoms with Crippen molar-refractivity contribution in [1.82, 2.24) is 4.90 Å². The van der Waals surface area contributed by atoms with Crippen molar-refractivity contribution in [1.29, 1.82) is 0 Å². The number of esters is 2. The Morgan fingerprint density at radius 1 is 0.920 bits per heavy atom. The van der Waals surface area contributed by atoms with Gasteiger partial charge in [0.2, 0.25) is 0 Å². The first-order chi connectivity index (χ1) is 11.3. The van der Waals surface area contributed by atoms with Crippen molar-refractivity contribution in [2.75, 3.05) is 20.2 Å². The maximum atomic E-state index is 12.3. The van der Waals surface area contributed by atoms with Gasteiger partial charge in [-0.05, 0) is 54.4 Å². The zero-order valence-corrected chi connectivity index (χ0v) is 16.4. The van der Waals surface area contributed by atoms with Crippen molar-refractivity contribution in [3.63, 3.8) is 0 Å². The number of hydrogen-bond acceptors (Lipinski definition) is 6. The third-order valence-corrected chi connectivity index (χ3v) is 3.89. The lowest BCUT2D eigenvalue weighted by molar-refractivity contribution is -0.168. The van der Waals surface area contributed by atoms with Crippen LogP contribution in [0, 0.1) is 5.41 Å². The molecule has 1 saturated heterocycles. The van der Waals surface area contributed by atoms with Gasteiger partial charge < -0.3 is 19.1 Å². The van der Waals surface area contributed by atoms with E-state index < -0.39 is 34.6 Å². The molecule has 1 rings (SSSR count). The van der Waals surface area contributed by atoms with Crippen LogP contribution in [0.15, 0.2) is 0 Å². The summed E-state index contributed by atoms with van der Waals surface area (Å²) in [5.41, 5.74) is -2.16. The molecule has 0 atom stereocenters. The van der Waals surface area contributed by atoms with Crippen LogP contribution in [0.3, 0.4) is 0 Å². The molecule has 0 saturated carbocycles. The van der Waals surface area contributed by atoms with Gasteiger partial charge in [-0.1, -0.05) is 0 Å². The molecule has 0 aromatic carbocycles. The maximum absolute atomic E-state index is 12.3. The number of rotatable bonds is 3. The first kappa shape index (κ1) is 21.3. The number of piperidine rings is 1. The first-order valence-electron chi connectivity index (χ1n) is 8.56. The van der Waals surface area contributed by atoms with E-state index in [0.717, 1.165) is 0 Å². The predicted octanol–water partition coefficient (Wildman–Crippen LogP) is 2.91. The Kier molecular flexibility index (Phi) is 6.48. The Morgan fingerprint density at radius 3 is 1.80 bits per heavy atom. The SMILES string of the molecule is COC(=O)C1(CC(=O)OC(C)(C)C)CCN(C(=O)OC(C)(C)C)CC1. The molecule has 0 radical (unpaired) electrons. The fourth-order valence-corrected chi connectivity index (χ4v) is 2.77. The lowest BCUT2D eigenvalue weighted by atomic mass is 9.75. The molecule has 1 amide bonds. The molecule has 0 aromatic rings. The molecule has 1 aliphatic rings. The highest BCUT2D eigenvalue weighted by atomic mass is 16.6. The van der Waals surface area contributed by atoms with E-state index in [9.17, 15) is 14.4 Å². The Morgan fingerprint density at radius 2 is 1.40 bits per heavy atom. The number of likely N-dealkylation sites (tertiary alicyclic amines) is 1. The minimum atomic E-state index is -0.963. The Labute approximate surface area is 150 Å².